The highest BCUT2D eigenvalue weighted by Crippen LogP contribution is 2.08. The quantitative estimate of drug-likeness (QED) is 0.742. The fourth-order valence-corrected chi connectivity index (χ4v) is 1.89. The van der Waals surface area contributed by atoms with Crippen molar-refractivity contribution in [2.24, 2.45) is 5.73 Å². The minimum atomic E-state index is -0.0116. The molecule has 0 saturated heterocycles. The van der Waals surface area contributed by atoms with Gasteiger partial charge in [0.25, 0.3) is 5.56 Å². The first kappa shape index (κ1) is 11.3. The molecule has 0 atom stereocenters. The van der Waals surface area contributed by atoms with E-state index in [9.17, 15) is 4.79 Å². The van der Waals surface area contributed by atoms with Crippen LogP contribution in [0.1, 0.15) is 23.5 Å². The van der Waals surface area contributed by atoms with Crippen LogP contribution in [0.2, 0.25) is 0 Å². The van der Waals surface area contributed by atoms with E-state index in [0.717, 1.165) is 36.3 Å². The maximum Gasteiger partial charge on any atom is 0.254 e. The average Bonchev–Trinajstić information content (AvgIpc) is 2.51. The van der Waals surface area contributed by atoms with Crippen molar-refractivity contribution in [3.63, 3.8) is 0 Å². The fraction of sp³-hybridized carbons (Fsp3) is 0.636. The number of hydrogen-bond donors (Lipinski definition) is 2. The van der Waals surface area contributed by atoms with Gasteiger partial charge in [0.15, 0.2) is 0 Å². The molecule has 16 heavy (non-hydrogen) atoms. The summed E-state index contributed by atoms with van der Waals surface area (Å²) in [4.78, 5) is 19.1. The van der Waals surface area contributed by atoms with Gasteiger partial charge in [-0.1, -0.05) is 0 Å². The van der Waals surface area contributed by atoms with Gasteiger partial charge in [0.05, 0.1) is 18.9 Å². The van der Waals surface area contributed by atoms with E-state index in [4.69, 9.17) is 10.5 Å². The Hall–Kier alpha value is -1.20. The van der Waals surface area contributed by atoms with Crippen molar-refractivity contribution in [2.75, 3.05) is 19.8 Å². The Morgan fingerprint density at radius 3 is 3.00 bits per heavy atom. The molecule has 5 nitrogen and oxygen atoms in total. The van der Waals surface area contributed by atoms with Crippen LogP contribution in [0.4, 0.5) is 0 Å². The molecule has 1 aliphatic rings. The summed E-state index contributed by atoms with van der Waals surface area (Å²) in [5.74, 6) is 0.746. The first-order chi connectivity index (χ1) is 7.81. The Morgan fingerprint density at radius 1 is 1.38 bits per heavy atom. The largest absolute Gasteiger partial charge is 0.381 e. The van der Waals surface area contributed by atoms with Crippen LogP contribution in [0.3, 0.4) is 0 Å². The van der Waals surface area contributed by atoms with Crippen molar-refractivity contribution in [2.45, 2.75) is 25.7 Å². The predicted octanol–water partition coefficient (Wildman–Crippen LogP) is -0.224. The van der Waals surface area contributed by atoms with Crippen LogP contribution in [0.25, 0.3) is 0 Å². The van der Waals surface area contributed by atoms with Gasteiger partial charge in [-0.3, -0.25) is 4.79 Å². The van der Waals surface area contributed by atoms with Crippen LogP contribution in [0, 0.1) is 0 Å². The zero-order valence-corrected chi connectivity index (χ0v) is 9.29. The smallest absolute Gasteiger partial charge is 0.254 e. The third kappa shape index (κ3) is 2.48. The first-order valence-corrected chi connectivity index (χ1v) is 5.70. The summed E-state index contributed by atoms with van der Waals surface area (Å²) in [6.07, 6.45) is 2.97. The molecule has 5 heteroatoms. The molecule has 0 spiro atoms. The molecule has 1 aromatic heterocycles. The van der Waals surface area contributed by atoms with E-state index >= 15 is 0 Å². The Labute approximate surface area is 94.0 Å². The van der Waals surface area contributed by atoms with Gasteiger partial charge in [-0.2, -0.15) is 0 Å². The molecule has 0 fully saturated rings. The number of aryl methyl sites for hydroxylation is 1. The molecule has 1 aromatic rings. The van der Waals surface area contributed by atoms with Gasteiger partial charge in [-0.25, -0.2) is 4.98 Å². The fourth-order valence-electron chi connectivity index (χ4n) is 1.89. The number of H-pyrrole nitrogens is 1. The molecule has 3 N–H and O–H groups in total. The molecule has 0 radical (unpaired) electrons. The number of fused-ring (bicyclic) bond motifs is 1. The van der Waals surface area contributed by atoms with E-state index in [2.05, 4.69) is 9.97 Å². The molecule has 0 amide bonds. The second-order valence-electron chi connectivity index (χ2n) is 3.94. The van der Waals surface area contributed by atoms with E-state index in [1.165, 1.54) is 0 Å². The van der Waals surface area contributed by atoms with Crippen LogP contribution >= 0.6 is 0 Å². The molecule has 88 valence electrons. The normalized spacial score (nSPS) is 15.6. The Balaban J connectivity index is 2.28. The van der Waals surface area contributed by atoms with Crippen LogP contribution in [0.15, 0.2) is 4.79 Å². The summed E-state index contributed by atoms with van der Waals surface area (Å²) < 4.78 is 5.34. The molecule has 0 bridgehead atoms. The SMILES string of the molecule is NCCCc1nc2c(c(=O)[nH]1)CCOCC2. The molecule has 2 heterocycles. The van der Waals surface area contributed by atoms with Gasteiger partial charge >= 0.3 is 0 Å². The molecular weight excluding hydrogens is 206 g/mol. The van der Waals surface area contributed by atoms with Gasteiger partial charge in [-0.05, 0) is 13.0 Å². The molecule has 0 saturated carbocycles. The molecule has 2 rings (SSSR count). The van der Waals surface area contributed by atoms with Gasteiger partial charge in [-0.15, -0.1) is 0 Å². The summed E-state index contributed by atoms with van der Waals surface area (Å²) in [7, 11) is 0. The van der Waals surface area contributed by atoms with Crippen molar-refractivity contribution in [1.82, 2.24) is 9.97 Å². The van der Waals surface area contributed by atoms with Crippen molar-refractivity contribution in [1.29, 1.82) is 0 Å². The highest BCUT2D eigenvalue weighted by atomic mass is 16.5. The van der Waals surface area contributed by atoms with Crippen molar-refractivity contribution in [3.05, 3.63) is 27.4 Å². The Kier molecular flexibility index (Phi) is 3.69. The minimum Gasteiger partial charge on any atom is -0.381 e. The zero-order valence-electron chi connectivity index (χ0n) is 9.29. The Morgan fingerprint density at radius 2 is 2.19 bits per heavy atom. The summed E-state index contributed by atoms with van der Waals surface area (Å²) in [5.41, 5.74) is 7.11. The van der Waals surface area contributed by atoms with E-state index in [-0.39, 0.29) is 5.56 Å². The number of aromatic amines is 1. The number of nitrogens with zero attached hydrogens (tertiary/aromatic N) is 1. The average molecular weight is 223 g/mol. The summed E-state index contributed by atoms with van der Waals surface area (Å²) in [6, 6.07) is 0. The second kappa shape index (κ2) is 5.23. The summed E-state index contributed by atoms with van der Waals surface area (Å²) in [6.45, 7) is 1.88. The topological polar surface area (TPSA) is 81.0 Å². The van der Waals surface area contributed by atoms with Crippen LogP contribution in [-0.4, -0.2) is 29.7 Å². The number of rotatable bonds is 3. The maximum atomic E-state index is 11.8. The van der Waals surface area contributed by atoms with Crippen molar-refractivity contribution < 1.29 is 4.74 Å². The molecule has 0 aromatic carbocycles. The maximum absolute atomic E-state index is 11.8. The van der Waals surface area contributed by atoms with E-state index in [1.54, 1.807) is 0 Å². The highest BCUT2D eigenvalue weighted by molar-refractivity contribution is 5.19. The van der Waals surface area contributed by atoms with Gasteiger partial charge in [0, 0.05) is 24.8 Å². The van der Waals surface area contributed by atoms with Crippen LogP contribution in [-0.2, 0) is 24.0 Å². The second-order valence-corrected chi connectivity index (χ2v) is 3.94. The Bertz CT molecular complexity index is 414. The van der Waals surface area contributed by atoms with E-state index in [1.807, 2.05) is 0 Å². The van der Waals surface area contributed by atoms with E-state index < -0.39 is 0 Å². The van der Waals surface area contributed by atoms with Crippen LogP contribution < -0.4 is 11.3 Å². The van der Waals surface area contributed by atoms with Crippen LogP contribution in [0.5, 0.6) is 0 Å². The lowest BCUT2D eigenvalue weighted by atomic mass is 10.1. The molecule has 0 aliphatic carbocycles. The van der Waals surface area contributed by atoms with Gasteiger partial charge < -0.3 is 15.5 Å². The number of nitrogens with two attached hydrogens (primary N) is 1. The lowest BCUT2D eigenvalue weighted by Crippen LogP contribution is -2.20. The lowest BCUT2D eigenvalue weighted by molar-refractivity contribution is 0.146. The highest BCUT2D eigenvalue weighted by Gasteiger charge is 2.14. The van der Waals surface area contributed by atoms with E-state index in [0.29, 0.717) is 26.2 Å². The zero-order chi connectivity index (χ0) is 11.4. The number of hydrogen-bond acceptors (Lipinski definition) is 4. The van der Waals surface area contributed by atoms with Gasteiger partial charge in [0.2, 0.25) is 0 Å². The third-order valence-corrected chi connectivity index (χ3v) is 2.75. The van der Waals surface area contributed by atoms with Crippen molar-refractivity contribution in [3.8, 4) is 0 Å². The number of nitrogens with one attached hydrogen (secondary N) is 1. The summed E-state index contributed by atoms with van der Waals surface area (Å²) >= 11 is 0. The first-order valence-electron chi connectivity index (χ1n) is 5.70. The third-order valence-electron chi connectivity index (χ3n) is 2.75. The number of aromatic nitrogens is 2. The molecule has 0 unspecified atom stereocenters. The molecule has 1 aliphatic heterocycles. The minimum absolute atomic E-state index is 0.0116. The lowest BCUT2D eigenvalue weighted by Gasteiger charge is -2.06. The van der Waals surface area contributed by atoms with Gasteiger partial charge in [0.1, 0.15) is 5.82 Å². The predicted molar refractivity (Wildman–Crippen MR) is 60.5 cm³/mol. The number of ether oxygens (including phenoxy) is 1. The molecular formula is C11H17N3O2. The monoisotopic (exact) mass is 223 g/mol. The summed E-state index contributed by atoms with van der Waals surface area (Å²) in [5, 5.41) is 0. The standard InChI is InChI=1S/C11H17N3O2/c12-5-1-2-10-13-9-4-7-16-6-3-8(9)11(15)14-10/h1-7,12H2,(H,13,14,15). The van der Waals surface area contributed by atoms with Crippen molar-refractivity contribution >= 4 is 0 Å².